The van der Waals surface area contributed by atoms with Gasteiger partial charge in [0.15, 0.2) is 5.69 Å². The van der Waals surface area contributed by atoms with Crippen LogP contribution in [-0.2, 0) is 12.6 Å². The molecule has 1 unspecified atom stereocenters. The fourth-order valence-electron chi connectivity index (χ4n) is 3.78. The molecule has 5 N–H and O–H groups in total. The van der Waals surface area contributed by atoms with E-state index >= 15 is 0 Å². The molecule has 16 heteroatoms. The molecule has 0 saturated heterocycles. The standard InChI is InChI=1S/C24H23F3N8O5/c1-37-15-6-13(29)7-16(9-15)39-4-3-14-8-19(24(25,26)27)34-35(14)20(30)18(10-28)12-5-17(21(38-2)31-11-12)22-32-33-23(36)40-22/h5-11,18,28,30H,3-4,29H2,1-2H3,(H,33,36). The molecule has 4 aromatic rings. The number of hydrogen-bond acceptors (Lipinski definition) is 11. The molecule has 0 radical (unpaired) electrons. The number of nitrogens with two attached hydrogens (primary N) is 1. The summed E-state index contributed by atoms with van der Waals surface area (Å²) in [6.07, 6.45) is -2.72. The van der Waals surface area contributed by atoms with Crippen molar-refractivity contribution in [3.63, 3.8) is 0 Å². The average Bonchev–Trinajstić information content (AvgIpc) is 3.55. The van der Waals surface area contributed by atoms with Crippen LogP contribution in [0.4, 0.5) is 18.9 Å². The van der Waals surface area contributed by atoms with E-state index in [0.29, 0.717) is 17.2 Å². The summed E-state index contributed by atoms with van der Waals surface area (Å²) in [6.45, 7) is -0.0788. The van der Waals surface area contributed by atoms with Gasteiger partial charge in [-0.15, -0.1) is 5.10 Å². The normalized spacial score (nSPS) is 12.1. The number of nitrogens with one attached hydrogen (secondary N) is 3. The van der Waals surface area contributed by atoms with Crippen molar-refractivity contribution in [2.24, 2.45) is 0 Å². The van der Waals surface area contributed by atoms with Crippen LogP contribution in [0, 0.1) is 10.8 Å². The van der Waals surface area contributed by atoms with Gasteiger partial charge in [0.2, 0.25) is 5.88 Å². The molecule has 3 aromatic heterocycles. The molecule has 0 aliphatic rings. The molecule has 0 fully saturated rings. The van der Waals surface area contributed by atoms with Crippen molar-refractivity contribution in [1.82, 2.24) is 25.0 Å². The van der Waals surface area contributed by atoms with Crippen LogP contribution in [0.1, 0.15) is 22.9 Å². The number of aromatic nitrogens is 5. The van der Waals surface area contributed by atoms with Crippen molar-refractivity contribution in [1.29, 1.82) is 10.8 Å². The summed E-state index contributed by atoms with van der Waals surface area (Å²) in [5, 5.41) is 26.1. The van der Waals surface area contributed by atoms with Crippen molar-refractivity contribution >= 4 is 17.7 Å². The van der Waals surface area contributed by atoms with Gasteiger partial charge in [0.1, 0.15) is 22.9 Å². The number of halogens is 3. The molecule has 0 amide bonds. The number of nitrogen functional groups attached to an aromatic ring is 1. The Morgan fingerprint density at radius 1 is 1.20 bits per heavy atom. The number of nitrogens with zero attached hydrogens (tertiary/aromatic N) is 4. The van der Waals surface area contributed by atoms with E-state index < -0.39 is 29.4 Å². The highest BCUT2D eigenvalue weighted by molar-refractivity contribution is 6.01. The molecule has 210 valence electrons. The summed E-state index contributed by atoms with van der Waals surface area (Å²) in [5.74, 6) is -1.85. The van der Waals surface area contributed by atoms with Crippen LogP contribution < -0.4 is 25.7 Å². The predicted molar refractivity (Wildman–Crippen MR) is 135 cm³/mol. The van der Waals surface area contributed by atoms with E-state index in [9.17, 15) is 18.0 Å². The number of benzene rings is 1. The van der Waals surface area contributed by atoms with Crippen LogP contribution in [0.25, 0.3) is 11.5 Å². The molecule has 40 heavy (non-hydrogen) atoms. The van der Waals surface area contributed by atoms with Crippen molar-refractivity contribution in [3.05, 3.63) is 64.0 Å². The molecule has 1 atom stereocenters. The number of aromatic amines is 1. The third-order valence-electron chi connectivity index (χ3n) is 5.62. The zero-order valence-electron chi connectivity index (χ0n) is 21.1. The van der Waals surface area contributed by atoms with E-state index in [-0.39, 0.29) is 41.6 Å². The Morgan fingerprint density at radius 2 is 1.95 bits per heavy atom. The molecule has 3 heterocycles. The van der Waals surface area contributed by atoms with Crippen LogP contribution in [0.2, 0.25) is 0 Å². The van der Waals surface area contributed by atoms with E-state index in [1.54, 1.807) is 12.1 Å². The minimum Gasteiger partial charge on any atom is -0.497 e. The number of pyridine rings is 1. The number of H-pyrrole nitrogens is 1. The Bertz CT molecular complexity index is 1590. The van der Waals surface area contributed by atoms with Crippen molar-refractivity contribution in [2.45, 2.75) is 18.5 Å². The Labute approximate surface area is 223 Å². The quantitative estimate of drug-likeness (QED) is 0.128. The average molecular weight is 560 g/mol. The smallest absolute Gasteiger partial charge is 0.435 e. The zero-order chi connectivity index (χ0) is 29.0. The van der Waals surface area contributed by atoms with Crippen molar-refractivity contribution < 1.29 is 31.8 Å². The molecule has 0 saturated carbocycles. The maximum atomic E-state index is 13.6. The SMILES string of the molecule is COc1cc(N)cc(OCCc2cc(C(F)(F)F)nn2C(=N)C(C=N)c2cnc(OC)c(-c3n[nH]c(=O)o3)c2)c1. The lowest BCUT2D eigenvalue weighted by atomic mass is 9.99. The van der Waals surface area contributed by atoms with Crippen LogP contribution >= 0.6 is 0 Å². The van der Waals surface area contributed by atoms with E-state index in [1.807, 2.05) is 0 Å². The van der Waals surface area contributed by atoms with Crippen LogP contribution in [0.5, 0.6) is 17.4 Å². The maximum Gasteiger partial charge on any atom is 0.435 e. The van der Waals surface area contributed by atoms with Gasteiger partial charge in [-0.1, -0.05) is 0 Å². The first-order valence-corrected chi connectivity index (χ1v) is 11.5. The minimum absolute atomic E-state index is 0.0139. The van der Waals surface area contributed by atoms with Gasteiger partial charge in [-0.3, -0.25) is 5.41 Å². The van der Waals surface area contributed by atoms with Gasteiger partial charge in [-0.05, 0) is 17.7 Å². The second kappa shape index (κ2) is 11.3. The number of anilines is 1. The lowest BCUT2D eigenvalue weighted by Crippen LogP contribution is -2.25. The molecule has 0 aliphatic carbocycles. The second-order valence-corrected chi connectivity index (χ2v) is 8.24. The Hall–Kier alpha value is -5.15. The largest absolute Gasteiger partial charge is 0.497 e. The summed E-state index contributed by atoms with van der Waals surface area (Å²) >= 11 is 0. The monoisotopic (exact) mass is 560 g/mol. The van der Waals surface area contributed by atoms with Crippen LogP contribution in [0.15, 0.2) is 45.7 Å². The third kappa shape index (κ3) is 5.95. The Morgan fingerprint density at radius 3 is 2.58 bits per heavy atom. The van der Waals surface area contributed by atoms with Gasteiger partial charge in [0.25, 0.3) is 5.89 Å². The highest BCUT2D eigenvalue weighted by Gasteiger charge is 2.36. The highest BCUT2D eigenvalue weighted by Crippen LogP contribution is 2.32. The first kappa shape index (κ1) is 27.9. The van der Waals surface area contributed by atoms with Gasteiger partial charge < -0.3 is 29.8 Å². The highest BCUT2D eigenvalue weighted by atomic mass is 19.4. The Kier molecular flexibility index (Phi) is 7.88. The predicted octanol–water partition coefficient (Wildman–Crippen LogP) is 3.12. The number of alkyl halides is 3. The first-order chi connectivity index (χ1) is 19.0. The Balaban J connectivity index is 1.65. The van der Waals surface area contributed by atoms with Crippen molar-refractivity contribution in [3.8, 4) is 28.8 Å². The number of ether oxygens (including phenoxy) is 3. The summed E-state index contributed by atoms with van der Waals surface area (Å²) in [4.78, 5) is 15.5. The number of methoxy groups -OCH3 is 2. The molecular weight excluding hydrogens is 537 g/mol. The van der Waals surface area contributed by atoms with Crippen LogP contribution in [-0.4, -0.2) is 57.8 Å². The molecule has 0 bridgehead atoms. The number of rotatable bonds is 10. The van der Waals surface area contributed by atoms with Crippen molar-refractivity contribution in [2.75, 3.05) is 26.6 Å². The number of hydrogen-bond donors (Lipinski definition) is 4. The lowest BCUT2D eigenvalue weighted by molar-refractivity contribution is -0.141. The van der Waals surface area contributed by atoms with E-state index in [1.165, 1.54) is 32.5 Å². The van der Waals surface area contributed by atoms with Gasteiger partial charge in [-0.2, -0.15) is 18.3 Å². The molecule has 4 rings (SSSR count). The molecule has 13 nitrogen and oxygen atoms in total. The van der Waals surface area contributed by atoms with E-state index in [0.717, 1.165) is 17.0 Å². The second-order valence-electron chi connectivity index (χ2n) is 8.24. The van der Waals surface area contributed by atoms with Gasteiger partial charge in [-0.25, -0.2) is 19.6 Å². The molecule has 0 spiro atoms. The fourth-order valence-corrected chi connectivity index (χ4v) is 3.78. The van der Waals surface area contributed by atoms with E-state index in [4.69, 9.17) is 35.2 Å². The van der Waals surface area contributed by atoms with Crippen LogP contribution in [0.3, 0.4) is 0 Å². The maximum absolute atomic E-state index is 13.6. The zero-order valence-corrected chi connectivity index (χ0v) is 21.1. The minimum atomic E-state index is -4.78. The summed E-state index contributed by atoms with van der Waals surface area (Å²) in [7, 11) is 2.77. The molecular formula is C24H23F3N8O5. The third-order valence-corrected chi connectivity index (χ3v) is 5.62. The molecule has 1 aromatic carbocycles. The molecule has 0 aliphatic heterocycles. The topological polar surface area (TPSA) is 191 Å². The van der Waals surface area contributed by atoms with E-state index in [2.05, 4.69) is 20.3 Å². The van der Waals surface area contributed by atoms with Gasteiger partial charge in [0, 0.05) is 48.4 Å². The summed E-state index contributed by atoms with van der Waals surface area (Å²) < 4.78 is 62.5. The van der Waals surface area contributed by atoms with Gasteiger partial charge >= 0.3 is 11.9 Å². The summed E-state index contributed by atoms with van der Waals surface area (Å²) in [5.41, 5.74) is 5.32. The summed E-state index contributed by atoms with van der Waals surface area (Å²) in [6, 6.07) is 6.89. The fraction of sp³-hybridized carbons (Fsp3) is 0.250. The lowest BCUT2D eigenvalue weighted by Gasteiger charge is -2.17. The van der Waals surface area contributed by atoms with Gasteiger partial charge in [0.05, 0.1) is 26.7 Å². The first-order valence-electron chi connectivity index (χ1n) is 11.5.